The third-order valence-electron chi connectivity index (χ3n) is 4.02. The summed E-state index contributed by atoms with van der Waals surface area (Å²) in [4.78, 5) is 2.50. The van der Waals surface area contributed by atoms with E-state index in [0.717, 1.165) is 19.7 Å². The maximum absolute atomic E-state index is 5.70. The number of ether oxygens (including phenoxy) is 1. The Morgan fingerprint density at radius 3 is 2.63 bits per heavy atom. The average Bonchev–Trinajstić information content (AvgIpc) is 2.43. The quantitative estimate of drug-likeness (QED) is 0.905. The van der Waals surface area contributed by atoms with Gasteiger partial charge in [-0.1, -0.05) is 31.2 Å². The lowest BCUT2D eigenvalue weighted by Gasteiger charge is -2.36. The van der Waals surface area contributed by atoms with E-state index in [9.17, 15) is 0 Å². The molecule has 2 N–H and O–H groups in total. The number of hydrogen-bond donors (Lipinski definition) is 1. The van der Waals surface area contributed by atoms with Crippen LogP contribution in [0.5, 0.6) is 0 Å². The lowest BCUT2D eigenvalue weighted by molar-refractivity contribution is -0.0526. The lowest BCUT2D eigenvalue weighted by Crippen LogP contribution is -2.46. The summed E-state index contributed by atoms with van der Waals surface area (Å²) < 4.78 is 5.67. The summed E-state index contributed by atoms with van der Waals surface area (Å²) in [5.41, 5.74) is 8.40. The molecule has 0 saturated carbocycles. The Bertz CT molecular complexity index is 390. The molecule has 0 aromatic heterocycles. The SMILES string of the molecule is CC1CN(Cc2ccc(C(C)CN)cc2)C(C)CO1. The van der Waals surface area contributed by atoms with Crippen LogP contribution in [-0.2, 0) is 11.3 Å². The van der Waals surface area contributed by atoms with Crippen molar-refractivity contribution >= 4 is 0 Å². The van der Waals surface area contributed by atoms with E-state index in [1.165, 1.54) is 11.1 Å². The van der Waals surface area contributed by atoms with Gasteiger partial charge in [0.25, 0.3) is 0 Å². The molecule has 3 nitrogen and oxygen atoms in total. The van der Waals surface area contributed by atoms with Gasteiger partial charge in [0, 0.05) is 19.1 Å². The van der Waals surface area contributed by atoms with Gasteiger partial charge in [0.05, 0.1) is 12.7 Å². The van der Waals surface area contributed by atoms with E-state index in [4.69, 9.17) is 10.5 Å². The van der Waals surface area contributed by atoms with Gasteiger partial charge in [-0.05, 0) is 37.4 Å². The normalized spacial score (nSPS) is 26.3. The number of morpholine rings is 1. The second kappa shape index (κ2) is 6.51. The standard InChI is InChI=1S/C16H26N2O/c1-12(8-17)16-6-4-15(5-7-16)10-18-9-14(3)19-11-13(18)2/h4-7,12-14H,8-11,17H2,1-3H3. The molecule has 0 amide bonds. The maximum atomic E-state index is 5.70. The van der Waals surface area contributed by atoms with Crippen molar-refractivity contribution in [1.29, 1.82) is 0 Å². The molecule has 1 aliphatic rings. The third-order valence-corrected chi connectivity index (χ3v) is 4.02. The first kappa shape index (κ1) is 14.5. The fourth-order valence-corrected chi connectivity index (χ4v) is 2.51. The van der Waals surface area contributed by atoms with Crippen LogP contribution in [0.15, 0.2) is 24.3 Å². The summed E-state index contributed by atoms with van der Waals surface area (Å²) in [5.74, 6) is 0.441. The second-order valence-electron chi connectivity index (χ2n) is 5.80. The van der Waals surface area contributed by atoms with Crippen molar-refractivity contribution < 1.29 is 4.74 Å². The molecular weight excluding hydrogens is 236 g/mol. The van der Waals surface area contributed by atoms with Crippen molar-refractivity contribution in [3.63, 3.8) is 0 Å². The van der Waals surface area contributed by atoms with E-state index in [-0.39, 0.29) is 0 Å². The maximum Gasteiger partial charge on any atom is 0.0674 e. The largest absolute Gasteiger partial charge is 0.376 e. The molecule has 0 radical (unpaired) electrons. The van der Waals surface area contributed by atoms with Crippen LogP contribution in [0.1, 0.15) is 37.8 Å². The number of hydrogen-bond acceptors (Lipinski definition) is 3. The fourth-order valence-electron chi connectivity index (χ4n) is 2.51. The summed E-state index contributed by atoms with van der Waals surface area (Å²) in [5, 5.41) is 0. The van der Waals surface area contributed by atoms with Crippen LogP contribution in [0, 0.1) is 0 Å². The van der Waals surface area contributed by atoms with E-state index in [1.807, 2.05) is 0 Å². The van der Waals surface area contributed by atoms with E-state index < -0.39 is 0 Å². The highest BCUT2D eigenvalue weighted by molar-refractivity contribution is 5.25. The minimum atomic E-state index is 0.340. The average molecular weight is 262 g/mol. The molecule has 1 heterocycles. The van der Waals surface area contributed by atoms with Crippen molar-refractivity contribution in [2.75, 3.05) is 19.7 Å². The predicted octanol–water partition coefficient (Wildman–Crippen LogP) is 2.36. The zero-order valence-electron chi connectivity index (χ0n) is 12.3. The van der Waals surface area contributed by atoms with Gasteiger partial charge < -0.3 is 10.5 Å². The molecule has 0 spiro atoms. The van der Waals surface area contributed by atoms with Gasteiger partial charge in [0.1, 0.15) is 0 Å². The lowest BCUT2D eigenvalue weighted by atomic mass is 10.00. The molecule has 2 rings (SSSR count). The molecule has 0 bridgehead atoms. The van der Waals surface area contributed by atoms with Crippen LogP contribution in [-0.4, -0.2) is 36.7 Å². The van der Waals surface area contributed by atoms with Gasteiger partial charge in [-0.2, -0.15) is 0 Å². The van der Waals surface area contributed by atoms with Gasteiger partial charge in [-0.3, -0.25) is 4.90 Å². The minimum absolute atomic E-state index is 0.340. The molecule has 1 aliphatic heterocycles. The van der Waals surface area contributed by atoms with Crippen LogP contribution in [0.25, 0.3) is 0 Å². The van der Waals surface area contributed by atoms with Gasteiger partial charge >= 0.3 is 0 Å². The highest BCUT2D eigenvalue weighted by Crippen LogP contribution is 2.18. The van der Waals surface area contributed by atoms with Crippen molar-refractivity contribution in [2.24, 2.45) is 5.73 Å². The predicted molar refractivity (Wildman–Crippen MR) is 79.2 cm³/mol. The summed E-state index contributed by atoms with van der Waals surface area (Å²) in [7, 11) is 0. The zero-order chi connectivity index (χ0) is 13.8. The van der Waals surface area contributed by atoms with Gasteiger partial charge in [0.15, 0.2) is 0 Å². The highest BCUT2D eigenvalue weighted by atomic mass is 16.5. The molecule has 106 valence electrons. The Kier molecular flexibility index (Phi) is 4.97. The first-order valence-electron chi connectivity index (χ1n) is 7.24. The molecule has 3 heteroatoms. The van der Waals surface area contributed by atoms with Crippen LogP contribution < -0.4 is 5.73 Å². The van der Waals surface area contributed by atoms with Crippen molar-refractivity contribution in [3.05, 3.63) is 35.4 Å². The molecule has 19 heavy (non-hydrogen) atoms. The summed E-state index contributed by atoms with van der Waals surface area (Å²) in [6.07, 6.45) is 0.340. The summed E-state index contributed by atoms with van der Waals surface area (Å²) in [6, 6.07) is 9.38. The molecule has 3 atom stereocenters. The topological polar surface area (TPSA) is 38.5 Å². The molecule has 1 saturated heterocycles. The summed E-state index contributed by atoms with van der Waals surface area (Å²) in [6.45, 7) is 10.1. The van der Waals surface area contributed by atoms with Gasteiger partial charge in [0.2, 0.25) is 0 Å². The molecule has 0 aliphatic carbocycles. The van der Waals surface area contributed by atoms with Gasteiger partial charge in [-0.25, -0.2) is 0 Å². The number of nitrogens with zero attached hydrogens (tertiary/aromatic N) is 1. The van der Waals surface area contributed by atoms with Crippen LogP contribution in [0.4, 0.5) is 0 Å². The third kappa shape index (κ3) is 3.78. The van der Waals surface area contributed by atoms with Gasteiger partial charge in [-0.15, -0.1) is 0 Å². The molecule has 1 aromatic rings. The first-order chi connectivity index (χ1) is 9.10. The fraction of sp³-hybridized carbons (Fsp3) is 0.625. The molecular formula is C16H26N2O. The Morgan fingerprint density at radius 2 is 2.00 bits per heavy atom. The zero-order valence-corrected chi connectivity index (χ0v) is 12.3. The van der Waals surface area contributed by atoms with E-state index in [1.54, 1.807) is 0 Å². The summed E-state index contributed by atoms with van der Waals surface area (Å²) >= 11 is 0. The van der Waals surface area contributed by atoms with Crippen LogP contribution in [0.2, 0.25) is 0 Å². The minimum Gasteiger partial charge on any atom is -0.376 e. The molecule has 3 unspecified atom stereocenters. The highest BCUT2D eigenvalue weighted by Gasteiger charge is 2.23. The first-order valence-corrected chi connectivity index (χ1v) is 7.24. The molecule has 1 aromatic carbocycles. The van der Waals surface area contributed by atoms with E-state index in [0.29, 0.717) is 24.6 Å². The number of nitrogens with two attached hydrogens (primary N) is 1. The number of rotatable bonds is 4. The Labute approximate surface area is 116 Å². The van der Waals surface area contributed by atoms with Crippen molar-refractivity contribution in [1.82, 2.24) is 4.90 Å². The monoisotopic (exact) mass is 262 g/mol. The number of benzene rings is 1. The Morgan fingerprint density at radius 1 is 1.32 bits per heavy atom. The van der Waals surface area contributed by atoms with E-state index in [2.05, 4.69) is 49.9 Å². The Hall–Kier alpha value is -0.900. The molecule has 1 fully saturated rings. The van der Waals surface area contributed by atoms with Crippen molar-refractivity contribution in [2.45, 2.75) is 45.4 Å². The van der Waals surface area contributed by atoms with Crippen LogP contribution >= 0.6 is 0 Å². The second-order valence-corrected chi connectivity index (χ2v) is 5.80. The van der Waals surface area contributed by atoms with Crippen molar-refractivity contribution in [3.8, 4) is 0 Å². The van der Waals surface area contributed by atoms with Crippen LogP contribution in [0.3, 0.4) is 0 Å². The smallest absolute Gasteiger partial charge is 0.0674 e. The Balaban J connectivity index is 1.98. The van der Waals surface area contributed by atoms with E-state index >= 15 is 0 Å².